The van der Waals surface area contributed by atoms with Crippen LogP contribution in [0.25, 0.3) is 0 Å². The maximum atomic E-state index is 14.0. The Kier molecular flexibility index (Phi) is 4.83. The van der Waals surface area contributed by atoms with E-state index in [1.807, 2.05) is 0 Å². The summed E-state index contributed by atoms with van der Waals surface area (Å²) in [6.07, 6.45) is 6.54. The van der Waals surface area contributed by atoms with Crippen molar-refractivity contribution in [2.24, 2.45) is 52.3 Å². The number of aliphatic hydroxyl groups is 2. The molecular weight excluding hydrogens is 404 g/mol. The van der Waals surface area contributed by atoms with E-state index in [0.717, 1.165) is 58.0 Å². The summed E-state index contributed by atoms with van der Waals surface area (Å²) in [5.41, 5.74) is -0.523. The Labute approximate surface area is 192 Å². The van der Waals surface area contributed by atoms with E-state index in [1.54, 1.807) is 0 Å². The van der Waals surface area contributed by atoms with Gasteiger partial charge in [0.2, 0.25) is 0 Å². The van der Waals surface area contributed by atoms with Gasteiger partial charge in [-0.1, -0.05) is 27.7 Å². The highest BCUT2D eigenvalue weighted by atomic mass is 16.7. The van der Waals surface area contributed by atoms with E-state index in [4.69, 9.17) is 9.47 Å². The van der Waals surface area contributed by atoms with E-state index in [1.165, 1.54) is 0 Å². The molecule has 2 N–H and O–H groups in total. The van der Waals surface area contributed by atoms with Crippen LogP contribution in [0.2, 0.25) is 0 Å². The third-order valence-corrected chi connectivity index (χ3v) is 11.8. The zero-order chi connectivity index (χ0) is 22.6. The molecule has 13 atom stereocenters. The van der Waals surface area contributed by atoms with Gasteiger partial charge in [-0.2, -0.15) is 0 Å². The Hall–Kier alpha value is -0.490. The minimum absolute atomic E-state index is 0.0725. The van der Waals surface area contributed by atoms with Gasteiger partial charge >= 0.3 is 0 Å². The first kappa shape index (κ1) is 22.0. The molecule has 2 aliphatic heterocycles. The average molecular weight is 447 g/mol. The predicted molar refractivity (Wildman–Crippen MR) is 120 cm³/mol. The SMILES string of the molecule is CC1CC[C@@]2(OC1)OC1CC3C4CC[C@H]5C[C@@H](O)CC[C@]5(C)C4C(=O)[C@@H](O)[C@]3(C)C1[C@@H]2C. The van der Waals surface area contributed by atoms with E-state index in [0.29, 0.717) is 23.7 Å². The lowest BCUT2D eigenvalue weighted by Crippen LogP contribution is -2.64. The van der Waals surface area contributed by atoms with Crippen LogP contribution in [0.5, 0.6) is 0 Å². The third-order valence-electron chi connectivity index (χ3n) is 11.8. The van der Waals surface area contributed by atoms with Gasteiger partial charge in [0.1, 0.15) is 6.10 Å². The molecule has 6 unspecified atom stereocenters. The Morgan fingerprint density at radius 1 is 1.00 bits per heavy atom. The van der Waals surface area contributed by atoms with Gasteiger partial charge in [-0.25, -0.2) is 0 Å². The summed E-state index contributed by atoms with van der Waals surface area (Å²) in [5.74, 6) is 1.45. The lowest BCUT2D eigenvalue weighted by atomic mass is 9.43. The van der Waals surface area contributed by atoms with Crippen molar-refractivity contribution in [3.8, 4) is 0 Å². The fourth-order valence-corrected chi connectivity index (χ4v) is 10.0. The highest BCUT2D eigenvalue weighted by Crippen LogP contribution is 2.70. The van der Waals surface area contributed by atoms with Crippen molar-refractivity contribution in [3.05, 3.63) is 0 Å². The molecule has 6 aliphatic rings. The van der Waals surface area contributed by atoms with Crippen LogP contribution in [0, 0.1) is 52.3 Å². The van der Waals surface area contributed by atoms with Gasteiger partial charge in [0.15, 0.2) is 11.6 Å². The van der Waals surface area contributed by atoms with Crippen molar-refractivity contribution in [2.45, 2.75) is 103 Å². The Morgan fingerprint density at radius 2 is 1.78 bits per heavy atom. The lowest BCUT2D eigenvalue weighted by Gasteiger charge is -2.61. The fourth-order valence-electron chi connectivity index (χ4n) is 10.0. The molecule has 2 saturated heterocycles. The van der Waals surface area contributed by atoms with Crippen LogP contribution in [0.15, 0.2) is 0 Å². The van der Waals surface area contributed by atoms with Gasteiger partial charge in [-0.15, -0.1) is 0 Å². The van der Waals surface area contributed by atoms with Crippen molar-refractivity contribution >= 4 is 5.78 Å². The minimum Gasteiger partial charge on any atom is -0.393 e. The number of hydrogen-bond donors (Lipinski definition) is 2. The Morgan fingerprint density at radius 3 is 2.50 bits per heavy atom. The number of fused-ring (bicyclic) bond motifs is 7. The minimum atomic E-state index is -0.921. The highest BCUT2D eigenvalue weighted by molar-refractivity contribution is 5.88. The third kappa shape index (κ3) is 2.63. The molecule has 0 aromatic heterocycles. The molecule has 0 bridgehead atoms. The molecule has 32 heavy (non-hydrogen) atoms. The molecule has 180 valence electrons. The zero-order valence-electron chi connectivity index (χ0n) is 20.3. The second kappa shape index (κ2) is 7.02. The van der Waals surface area contributed by atoms with Gasteiger partial charge in [0.05, 0.1) is 18.8 Å². The summed E-state index contributed by atoms with van der Waals surface area (Å²) in [7, 11) is 0. The molecule has 4 saturated carbocycles. The van der Waals surface area contributed by atoms with Crippen molar-refractivity contribution in [1.82, 2.24) is 0 Å². The van der Waals surface area contributed by atoms with Crippen LogP contribution < -0.4 is 0 Å². The van der Waals surface area contributed by atoms with Gasteiger partial charge in [-0.05, 0) is 74.0 Å². The largest absolute Gasteiger partial charge is 0.393 e. The molecule has 0 aromatic rings. The van der Waals surface area contributed by atoms with Crippen molar-refractivity contribution in [1.29, 1.82) is 0 Å². The van der Waals surface area contributed by atoms with Gasteiger partial charge < -0.3 is 19.7 Å². The summed E-state index contributed by atoms with van der Waals surface area (Å²) in [6.45, 7) is 9.70. The van der Waals surface area contributed by atoms with Crippen molar-refractivity contribution in [2.75, 3.05) is 6.61 Å². The molecule has 6 fully saturated rings. The lowest BCUT2D eigenvalue weighted by molar-refractivity contribution is -0.273. The summed E-state index contributed by atoms with van der Waals surface area (Å²) in [5, 5.41) is 22.0. The molecule has 0 aromatic carbocycles. The van der Waals surface area contributed by atoms with Crippen LogP contribution in [0.1, 0.15) is 79.1 Å². The van der Waals surface area contributed by atoms with Crippen LogP contribution >= 0.6 is 0 Å². The second-order valence-electron chi connectivity index (χ2n) is 13.1. The van der Waals surface area contributed by atoms with E-state index < -0.39 is 17.3 Å². The number of carbonyl (C=O) groups excluding carboxylic acids is 1. The number of hydrogen-bond acceptors (Lipinski definition) is 5. The molecule has 1 spiro atoms. The number of ether oxygens (including phenoxy) is 2. The number of carbonyl (C=O) groups is 1. The number of rotatable bonds is 0. The smallest absolute Gasteiger partial charge is 0.171 e. The van der Waals surface area contributed by atoms with Crippen LogP contribution in [0.3, 0.4) is 0 Å². The van der Waals surface area contributed by atoms with Crippen LogP contribution in [0.4, 0.5) is 0 Å². The fraction of sp³-hybridized carbons (Fsp3) is 0.963. The van der Waals surface area contributed by atoms with Crippen molar-refractivity contribution < 1.29 is 24.5 Å². The van der Waals surface area contributed by atoms with E-state index in [2.05, 4.69) is 27.7 Å². The predicted octanol–water partition coefficient (Wildman–Crippen LogP) is 3.94. The number of aliphatic hydroxyl groups excluding tert-OH is 2. The Balaban J connectivity index is 1.34. The van der Waals surface area contributed by atoms with Gasteiger partial charge in [0, 0.05) is 29.6 Å². The number of ketones is 1. The maximum Gasteiger partial charge on any atom is 0.171 e. The highest BCUT2D eigenvalue weighted by Gasteiger charge is 2.73. The quantitative estimate of drug-likeness (QED) is 0.589. The molecular formula is C27H42O5. The summed E-state index contributed by atoms with van der Waals surface area (Å²) < 4.78 is 13.1. The average Bonchev–Trinajstić information content (AvgIpc) is 3.20. The molecule has 5 nitrogen and oxygen atoms in total. The molecule has 0 radical (unpaired) electrons. The topological polar surface area (TPSA) is 76.0 Å². The van der Waals surface area contributed by atoms with Gasteiger partial charge in [0.25, 0.3) is 0 Å². The number of Topliss-reactive ketones (excluding diaryl/α,β-unsaturated/α-hetero) is 1. The van der Waals surface area contributed by atoms with E-state index >= 15 is 0 Å². The molecule has 5 heteroatoms. The standard InChI is InChI=1S/C27H42O5/c1-14-7-10-27(31-13-14)15(2)21-20(32-27)12-19-18-6-5-16-11-17(28)8-9-25(16,3)22(18)23(29)24(30)26(19,21)4/h14-22,24,28,30H,5-13H2,1-4H3/t14?,15-,16-,17-,18?,19?,20?,21?,22?,24+,25-,26-,27+/m0/s1. The normalized spacial score (nSPS) is 61.8. The van der Waals surface area contributed by atoms with Crippen LogP contribution in [-0.4, -0.2) is 46.7 Å². The van der Waals surface area contributed by atoms with Crippen molar-refractivity contribution in [3.63, 3.8) is 0 Å². The van der Waals surface area contributed by atoms with E-state index in [-0.39, 0.29) is 41.2 Å². The first-order chi connectivity index (χ1) is 15.1. The summed E-state index contributed by atoms with van der Waals surface area (Å²) >= 11 is 0. The summed E-state index contributed by atoms with van der Waals surface area (Å²) in [4.78, 5) is 14.0. The molecule has 4 aliphatic carbocycles. The molecule has 2 heterocycles. The monoisotopic (exact) mass is 446 g/mol. The summed E-state index contributed by atoms with van der Waals surface area (Å²) in [6, 6.07) is 0. The van der Waals surface area contributed by atoms with E-state index in [9.17, 15) is 15.0 Å². The molecule has 6 rings (SSSR count). The van der Waals surface area contributed by atoms with Gasteiger partial charge in [-0.3, -0.25) is 4.79 Å². The first-order valence-electron chi connectivity index (χ1n) is 13.3. The Bertz CT molecular complexity index is 789. The first-order valence-corrected chi connectivity index (χ1v) is 13.3. The van der Waals surface area contributed by atoms with Crippen LogP contribution in [-0.2, 0) is 14.3 Å². The zero-order valence-corrected chi connectivity index (χ0v) is 20.3. The second-order valence-corrected chi connectivity index (χ2v) is 13.1. The maximum absolute atomic E-state index is 14.0. The molecule has 0 amide bonds.